The second-order valence-corrected chi connectivity index (χ2v) is 4.24. The molecular weight excluding hydrogens is 328 g/mol. The lowest BCUT2D eigenvalue weighted by Gasteiger charge is -2.06. The van der Waals surface area contributed by atoms with Gasteiger partial charge >= 0.3 is 5.97 Å². The summed E-state index contributed by atoms with van der Waals surface area (Å²) in [6.45, 7) is 2.00. The predicted molar refractivity (Wildman–Crippen MR) is 64.8 cm³/mol. The molecule has 0 aliphatic carbocycles. The summed E-state index contributed by atoms with van der Waals surface area (Å²) in [5.74, 6) is -0.491. The Bertz CT molecular complexity index is 440. The number of rotatable bonds is 2. The third-order valence-electron chi connectivity index (χ3n) is 1.66. The molecule has 3 nitrogen and oxygen atoms in total. The smallest absolute Gasteiger partial charge is 0.340 e. The predicted octanol–water partition coefficient (Wildman–Crippen LogP) is 2.99. The first kappa shape index (κ1) is 12.3. The number of hydrogen-bond acceptors (Lipinski definition) is 3. The van der Waals surface area contributed by atoms with Gasteiger partial charge < -0.3 is 4.74 Å². The van der Waals surface area contributed by atoms with E-state index in [-0.39, 0.29) is 17.7 Å². The van der Waals surface area contributed by atoms with Crippen LogP contribution in [0.2, 0.25) is 5.02 Å². The first-order valence-corrected chi connectivity index (χ1v) is 5.62. The molecule has 1 aromatic carbocycles. The summed E-state index contributed by atoms with van der Waals surface area (Å²) in [5.41, 5.74) is 0.523. The Kier molecular flexibility index (Phi) is 4.36. The Balaban J connectivity index is 3.28. The van der Waals surface area contributed by atoms with Gasteiger partial charge in [-0.05, 0) is 41.6 Å². The summed E-state index contributed by atoms with van der Waals surface area (Å²) in [6, 6.07) is 5.00. The number of halogens is 2. The van der Waals surface area contributed by atoms with E-state index in [1.165, 1.54) is 6.07 Å². The van der Waals surface area contributed by atoms with E-state index in [0.29, 0.717) is 8.59 Å². The van der Waals surface area contributed by atoms with Crippen LogP contribution in [-0.4, -0.2) is 12.6 Å². The lowest BCUT2D eigenvalue weighted by atomic mass is 10.1. The molecule has 1 aromatic rings. The van der Waals surface area contributed by atoms with Crippen molar-refractivity contribution in [3.8, 4) is 6.07 Å². The van der Waals surface area contributed by atoms with E-state index in [1.807, 2.05) is 28.7 Å². The molecule has 0 atom stereocenters. The number of ether oxygens (including phenoxy) is 1. The third kappa shape index (κ3) is 2.83. The number of carbonyl (C=O) groups excluding carboxylic acids is 1. The van der Waals surface area contributed by atoms with Crippen LogP contribution in [0.25, 0.3) is 0 Å². The highest BCUT2D eigenvalue weighted by molar-refractivity contribution is 14.1. The molecule has 15 heavy (non-hydrogen) atoms. The lowest BCUT2D eigenvalue weighted by Crippen LogP contribution is -2.09. The van der Waals surface area contributed by atoms with E-state index in [1.54, 1.807) is 13.0 Å². The number of nitrogens with zero attached hydrogens (tertiary/aromatic N) is 1. The SMILES string of the molecule is CCOC(=O)c1c(I)cc(Cl)cc1C#N. The van der Waals surface area contributed by atoms with E-state index in [4.69, 9.17) is 21.6 Å². The molecule has 0 saturated carbocycles. The number of hydrogen-bond donors (Lipinski definition) is 0. The number of benzene rings is 1. The maximum atomic E-state index is 11.5. The van der Waals surface area contributed by atoms with Crippen LogP contribution in [-0.2, 0) is 4.74 Å². The number of nitriles is 1. The van der Waals surface area contributed by atoms with E-state index >= 15 is 0 Å². The molecule has 0 fully saturated rings. The molecule has 0 bridgehead atoms. The third-order valence-corrected chi connectivity index (χ3v) is 2.72. The average Bonchev–Trinajstić information content (AvgIpc) is 2.16. The average molecular weight is 336 g/mol. The minimum atomic E-state index is -0.491. The van der Waals surface area contributed by atoms with Gasteiger partial charge in [-0.3, -0.25) is 0 Å². The van der Waals surface area contributed by atoms with Gasteiger partial charge in [-0.2, -0.15) is 5.26 Å². The molecule has 0 N–H and O–H groups in total. The van der Waals surface area contributed by atoms with Crippen molar-refractivity contribution in [1.29, 1.82) is 5.26 Å². The van der Waals surface area contributed by atoms with Crippen LogP contribution in [0.5, 0.6) is 0 Å². The van der Waals surface area contributed by atoms with Crippen molar-refractivity contribution in [2.75, 3.05) is 6.61 Å². The molecule has 0 amide bonds. The van der Waals surface area contributed by atoms with Gasteiger partial charge in [0.15, 0.2) is 0 Å². The van der Waals surface area contributed by atoms with Crippen molar-refractivity contribution in [1.82, 2.24) is 0 Å². The standard InChI is InChI=1S/C10H7ClINO2/c1-2-15-10(14)9-6(5-13)3-7(11)4-8(9)12/h3-4H,2H2,1H3. The van der Waals surface area contributed by atoms with Crippen LogP contribution in [0.1, 0.15) is 22.8 Å². The van der Waals surface area contributed by atoms with Crippen molar-refractivity contribution in [3.05, 3.63) is 31.9 Å². The molecule has 0 aliphatic heterocycles. The second-order valence-electron chi connectivity index (χ2n) is 2.64. The van der Waals surface area contributed by atoms with Crippen LogP contribution >= 0.6 is 34.2 Å². The van der Waals surface area contributed by atoms with E-state index in [0.717, 1.165) is 0 Å². The first-order chi connectivity index (χ1) is 7.10. The van der Waals surface area contributed by atoms with Crippen molar-refractivity contribution < 1.29 is 9.53 Å². The van der Waals surface area contributed by atoms with Crippen molar-refractivity contribution in [2.45, 2.75) is 6.92 Å². The van der Waals surface area contributed by atoms with Gasteiger partial charge in [-0.25, -0.2) is 4.79 Å². The van der Waals surface area contributed by atoms with Gasteiger partial charge in [0.05, 0.1) is 17.7 Å². The van der Waals surface area contributed by atoms with Gasteiger partial charge in [-0.15, -0.1) is 0 Å². The lowest BCUT2D eigenvalue weighted by molar-refractivity contribution is 0.0525. The summed E-state index contributed by atoms with van der Waals surface area (Å²) in [4.78, 5) is 11.5. The first-order valence-electron chi connectivity index (χ1n) is 4.16. The summed E-state index contributed by atoms with van der Waals surface area (Å²) in [7, 11) is 0. The molecule has 0 aliphatic rings. The fourth-order valence-corrected chi connectivity index (χ4v) is 2.32. The highest BCUT2D eigenvalue weighted by Gasteiger charge is 2.17. The van der Waals surface area contributed by atoms with Gasteiger partial charge in [0, 0.05) is 8.59 Å². The zero-order chi connectivity index (χ0) is 11.4. The molecule has 0 unspecified atom stereocenters. The second kappa shape index (κ2) is 5.33. The number of esters is 1. The summed E-state index contributed by atoms with van der Waals surface area (Å²) < 4.78 is 5.47. The number of carbonyl (C=O) groups is 1. The fourth-order valence-electron chi connectivity index (χ4n) is 1.07. The molecule has 0 aromatic heterocycles. The Morgan fingerprint density at radius 1 is 1.67 bits per heavy atom. The summed E-state index contributed by atoms with van der Waals surface area (Å²) >= 11 is 7.73. The van der Waals surface area contributed by atoms with Gasteiger partial charge in [0.25, 0.3) is 0 Å². The largest absolute Gasteiger partial charge is 0.462 e. The molecule has 0 spiro atoms. The molecule has 0 radical (unpaired) electrons. The monoisotopic (exact) mass is 335 g/mol. The van der Waals surface area contributed by atoms with Crippen LogP contribution < -0.4 is 0 Å². The highest BCUT2D eigenvalue weighted by Crippen LogP contribution is 2.23. The summed E-state index contributed by atoms with van der Waals surface area (Å²) in [5, 5.41) is 9.30. The molecule has 78 valence electrons. The molecule has 1 rings (SSSR count). The zero-order valence-electron chi connectivity index (χ0n) is 7.88. The van der Waals surface area contributed by atoms with E-state index in [9.17, 15) is 4.79 Å². The van der Waals surface area contributed by atoms with Crippen LogP contribution in [0.4, 0.5) is 0 Å². The quantitative estimate of drug-likeness (QED) is 0.617. The Hall–Kier alpha value is -0.800. The van der Waals surface area contributed by atoms with Crippen molar-refractivity contribution >= 4 is 40.2 Å². The maximum absolute atomic E-state index is 11.5. The van der Waals surface area contributed by atoms with Gasteiger partial charge in [0.1, 0.15) is 6.07 Å². The van der Waals surface area contributed by atoms with Gasteiger partial charge in [-0.1, -0.05) is 11.6 Å². The Morgan fingerprint density at radius 3 is 2.87 bits per heavy atom. The van der Waals surface area contributed by atoms with Crippen LogP contribution in [0.15, 0.2) is 12.1 Å². The minimum absolute atomic E-state index is 0.241. The van der Waals surface area contributed by atoms with E-state index < -0.39 is 5.97 Å². The normalized spacial score (nSPS) is 9.47. The Morgan fingerprint density at radius 2 is 2.33 bits per heavy atom. The Labute approximate surface area is 106 Å². The highest BCUT2D eigenvalue weighted by atomic mass is 127. The zero-order valence-corrected chi connectivity index (χ0v) is 10.8. The van der Waals surface area contributed by atoms with Crippen molar-refractivity contribution in [2.24, 2.45) is 0 Å². The molecular formula is C10H7ClINO2. The van der Waals surface area contributed by atoms with E-state index in [2.05, 4.69) is 0 Å². The van der Waals surface area contributed by atoms with Crippen LogP contribution in [0, 0.1) is 14.9 Å². The van der Waals surface area contributed by atoms with Crippen LogP contribution in [0.3, 0.4) is 0 Å². The van der Waals surface area contributed by atoms with Gasteiger partial charge in [0.2, 0.25) is 0 Å². The molecule has 5 heteroatoms. The summed E-state index contributed by atoms with van der Waals surface area (Å²) in [6.07, 6.45) is 0. The topological polar surface area (TPSA) is 50.1 Å². The molecule has 0 heterocycles. The minimum Gasteiger partial charge on any atom is -0.462 e. The fraction of sp³-hybridized carbons (Fsp3) is 0.200. The maximum Gasteiger partial charge on any atom is 0.340 e. The molecule has 0 saturated heterocycles. The van der Waals surface area contributed by atoms with Crippen molar-refractivity contribution in [3.63, 3.8) is 0 Å².